The van der Waals surface area contributed by atoms with E-state index in [1.807, 2.05) is 30.3 Å². The Morgan fingerprint density at radius 2 is 1.44 bits per heavy atom. The zero-order chi connectivity index (χ0) is 17.5. The molecule has 6 nitrogen and oxygen atoms in total. The van der Waals surface area contributed by atoms with Crippen LogP contribution in [-0.2, 0) is 16.1 Å². The van der Waals surface area contributed by atoms with E-state index in [0.717, 1.165) is 44.2 Å². The normalized spacial score (nSPS) is 18.7. The molecule has 2 fully saturated rings. The molecular weight excluding hydrogens is 316 g/mol. The van der Waals surface area contributed by atoms with Crippen LogP contribution < -0.4 is 10.6 Å². The topological polar surface area (TPSA) is 64.7 Å². The number of carbonyl (C=O) groups is 2. The highest BCUT2D eigenvalue weighted by Crippen LogP contribution is 2.27. The van der Waals surface area contributed by atoms with Crippen molar-refractivity contribution in [2.24, 2.45) is 5.92 Å². The van der Waals surface area contributed by atoms with Crippen molar-refractivity contribution >= 4 is 11.8 Å². The molecule has 2 aliphatic rings. The van der Waals surface area contributed by atoms with Crippen LogP contribution in [-0.4, -0.2) is 67.4 Å². The van der Waals surface area contributed by atoms with Crippen molar-refractivity contribution in [2.45, 2.75) is 19.4 Å². The van der Waals surface area contributed by atoms with Gasteiger partial charge in [0.2, 0.25) is 11.8 Å². The molecule has 1 saturated carbocycles. The summed E-state index contributed by atoms with van der Waals surface area (Å²) in [6, 6.07) is 9.93. The van der Waals surface area contributed by atoms with Crippen LogP contribution in [0.3, 0.4) is 0 Å². The van der Waals surface area contributed by atoms with Crippen LogP contribution in [0.4, 0.5) is 0 Å². The first kappa shape index (κ1) is 17.9. The molecule has 2 amide bonds. The molecule has 1 aliphatic carbocycles. The first-order valence-corrected chi connectivity index (χ1v) is 9.21. The number of nitrogens with one attached hydrogen (secondary N) is 2. The lowest BCUT2D eigenvalue weighted by molar-refractivity contribution is -0.125. The lowest BCUT2D eigenvalue weighted by atomic mass is 10.2. The molecule has 0 bridgehead atoms. The Bertz CT molecular complexity index is 566. The smallest absolute Gasteiger partial charge is 0.234 e. The van der Waals surface area contributed by atoms with Crippen LogP contribution >= 0.6 is 0 Å². The number of benzene rings is 1. The molecule has 3 rings (SSSR count). The molecule has 1 aromatic rings. The molecule has 0 unspecified atom stereocenters. The Morgan fingerprint density at radius 3 is 2.00 bits per heavy atom. The second-order valence-electron chi connectivity index (χ2n) is 7.06. The second-order valence-corrected chi connectivity index (χ2v) is 7.06. The molecule has 0 aromatic heterocycles. The van der Waals surface area contributed by atoms with Crippen LogP contribution in [0.1, 0.15) is 18.4 Å². The third kappa shape index (κ3) is 6.48. The molecule has 1 aliphatic heterocycles. The molecule has 6 heteroatoms. The van der Waals surface area contributed by atoms with E-state index >= 15 is 0 Å². The van der Waals surface area contributed by atoms with Crippen molar-refractivity contribution in [2.75, 3.05) is 45.8 Å². The Morgan fingerprint density at radius 1 is 0.880 bits per heavy atom. The molecule has 1 saturated heterocycles. The molecule has 0 atom stereocenters. The molecular formula is C19H28N4O2. The third-order valence-electron chi connectivity index (χ3n) is 4.82. The summed E-state index contributed by atoms with van der Waals surface area (Å²) in [5.41, 5.74) is 1.11. The highest BCUT2D eigenvalue weighted by Gasteiger charge is 2.23. The molecule has 0 spiro atoms. The van der Waals surface area contributed by atoms with Crippen molar-refractivity contribution in [3.8, 4) is 0 Å². The Balaban J connectivity index is 1.29. The lowest BCUT2D eigenvalue weighted by Crippen LogP contribution is -2.51. The summed E-state index contributed by atoms with van der Waals surface area (Å²) < 4.78 is 0. The van der Waals surface area contributed by atoms with E-state index in [-0.39, 0.29) is 11.8 Å². The van der Waals surface area contributed by atoms with Gasteiger partial charge in [-0.1, -0.05) is 30.3 Å². The van der Waals surface area contributed by atoms with Crippen molar-refractivity contribution < 1.29 is 9.59 Å². The van der Waals surface area contributed by atoms with Gasteiger partial charge in [-0.3, -0.25) is 19.4 Å². The quantitative estimate of drug-likeness (QED) is 0.719. The number of hydrogen-bond acceptors (Lipinski definition) is 4. The number of nitrogens with zero attached hydrogens (tertiary/aromatic N) is 2. The van der Waals surface area contributed by atoms with Gasteiger partial charge in [-0.2, -0.15) is 0 Å². The molecule has 0 radical (unpaired) electrons. The lowest BCUT2D eigenvalue weighted by Gasteiger charge is -2.33. The average molecular weight is 344 g/mol. The summed E-state index contributed by atoms with van der Waals surface area (Å²) in [5.74, 6) is 0.899. The standard InChI is InChI=1S/C19H28N4O2/c24-18(20-12-16-4-2-1-3-5-16)14-22-8-10-23(11-9-22)15-19(25)21-13-17-6-7-17/h1-5,17H,6-15H2,(H,20,24)(H,21,25). The summed E-state index contributed by atoms with van der Waals surface area (Å²) in [5, 5.41) is 5.97. The minimum Gasteiger partial charge on any atom is -0.355 e. The van der Waals surface area contributed by atoms with Gasteiger partial charge in [0.25, 0.3) is 0 Å². The minimum atomic E-state index is 0.0551. The van der Waals surface area contributed by atoms with Gasteiger partial charge in [0, 0.05) is 39.3 Å². The van der Waals surface area contributed by atoms with E-state index in [2.05, 4.69) is 20.4 Å². The monoisotopic (exact) mass is 344 g/mol. The summed E-state index contributed by atoms with van der Waals surface area (Å²) in [6.45, 7) is 5.63. The molecule has 136 valence electrons. The van der Waals surface area contributed by atoms with Crippen LogP contribution in [0.25, 0.3) is 0 Å². The van der Waals surface area contributed by atoms with E-state index in [1.54, 1.807) is 0 Å². The Kier molecular flexibility index (Phi) is 6.42. The van der Waals surface area contributed by atoms with Gasteiger partial charge in [0.05, 0.1) is 13.1 Å². The van der Waals surface area contributed by atoms with Gasteiger partial charge in [-0.05, 0) is 24.3 Å². The SMILES string of the molecule is O=C(CN1CCN(CC(=O)NCC2CC2)CC1)NCc1ccccc1. The van der Waals surface area contributed by atoms with Crippen LogP contribution in [0.5, 0.6) is 0 Å². The van der Waals surface area contributed by atoms with E-state index in [1.165, 1.54) is 12.8 Å². The maximum absolute atomic E-state index is 12.1. The number of hydrogen-bond donors (Lipinski definition) is 2. The maximum atomic E-state index is 12.1. The summed E-state index contributed by atoms with van der Waals surface area (Å²) >= 11 is 0. The van der Waals surface area contributed by atoms with Crippen LogP contribution in [0, 0.1) is 5.92 Å². The predicted octanol–water partition coefficient (Wildman–Crippen LogP) is 0.447. The molecule has 25 heavy (non-hydrogen) atoms. The second kappa shape index (κ2) is 8.97. The van der Waals surface area contributed by atoms with Crippen molar-refractivity contribution in [1.29, 1.82) is 0 Å². The van der Waals surface area contributed by atoms with Crippen LogP contribution in [0.15, 0.2) is 30.3 Å². The van der Waals surface area contributed by atoms with Crippen molar-refractivity contribution in [3.05, 3.63) is 35.9 Å². The van der Waals surface area contributed by atoms with Crippen LogP contribution in [0.2, 0.25) is 0 Å². The number of amides is 2. The highest BCUT2D eigenvalue weighted by atomic mass is 16.2. The zero-order valence-electron chi connectivity index (χ0n) is 14.7. The molecule has 1 aromatic carbocycles. The Labute approximate surface area is 149 Å². The van der Waals surface area contributed by atoms with Gasteiger partial charge in [-0.25, -0.2) is 0 Å². The van der Waals surface area contributed by atoms with Gasteiger partial charge < -0.3 is 10.6 Å². The van der Waals surface area contributed by atoms with Gasteiger partial charge in [0.1, 0.15) is 0 Å². The average Bonchev–Trinajstić information content (AvgIpc) is 3.45. The van der Waals surface area contributed by atoms with Gasteiger partial charge in [0.15, 0.2) is 0 Å². The van der Waals surface area contributed by atoms with E-state index < -0.39 is 0 Å². The minimum absolute atomic E-state index is 0.0551. The van der Waals surface area contributed by atoms with E-state index in [0.29, 0.717) is 19.6 Å². The maximum Gasteiger partial charge on any atom is 0.234 e. The fourth-order valence-corrected chi connectivity index (χ4v) is 3.00. The highest BCUT2D eigenvalue weighted by molar-refractivity contribution is 5.78. The van der Waals surface area contributed by atoms with Gasteiger partial charge >= 0.3 is 0 Å². The first-order chi connectivity index (χ1) is 12.2. The number of rotatable bonds is 8. The first-order valence-electron chi connectivity index (χ1n) is 9.21. The fourth-order valence-electron chi connectivity index (χ4n) is 3.00. The van der Waals surface area contributed by atoms with E-state index in [4.69, 9.17) is 0 Å². The summed E-state index contributed by atoms with van der Waals surface area (Å²) in [7, 11) is 0. The molecule has 2 N–H and O–H groups in total. The van der Waals surface area contributed by atoms with Gasteiger partial charge in [-0.15, -0.1) is 0 Å². The van der Waals surface area contributed by atoms with Crippen molar-refractivity contribution in [1.82, 2.24) is 20.4 Å². The fraction of sp³-hybridized carbons (Fsp3) is 0.579. The largest absolute Gasteiger partial charge is 0.355 e. The Hall–Kier alpha value is -1.92. The number of carbonyl (C=O) groups excluding carboxylic acids is 2. The summed E-state index contributed by atoms with van der Waals surface area (Å²) in [4.78, 5) is 28.3. The molecule has 1 heterocycles. The summed E-state index contributed by atoms with van der Waals surface area (Å²) in [6.07, 6.45) is 2.51. The van der Waals surface area contributed by atoms with Crippen molar-refractivity contribution in [3.63, 3.8) is 0 Å². The third-order valence-corrected chi connectivity index (χ3v) is 4.82. The zero-order valence-corrected chi connectivity index (χ0v) is 14.7. The van der Waals surface area contributed by atoms with E-state index in [9.17, 15) is 9.59 Å². The predicted molar refractivity (Wildman–Crippen MR) is 96.9 cm³/mol. The number of piperazine rings is 1.